The summed E-state index contributed by atoms with van der Waals surface area (Å²) in [5.74, 6) is -0.129. The Morgan fingerprint density at radius 3 is 2.75 bits per heavy atom. The van der Waals surface area contributed by atoms with Gasteiger partial charge < -0.3 is 25.4 Å². The maximum Gasteiger partial charge on any atom is 0.255 e. The Morgan fingerprint density at radius 2 is 2.06 bits per heavy atom. The van der Waals surface area contributed by atoms with Gasteiger partial charge in [-0.3, -0.25) is 4.79 Å². The predicted molar refractivity (Wildman–Crippen MR) is 126 cm³/mol. The molecule has 1 aliphatic rings. The molecule has 1 heterocycles. The fourth-order valence-electron chi connectivity index (χ4n) is 3.80. The minimum atomic E-state index is -0.272. The zero-order chi connectivity index (χ0) is 23.1. The number of carbonyl (C=O) groups is 1. The van der Waals surface area contributed by atoms with Crippen LogP contribution in [-0.4, -0.2) is 56.8 Å². The van der Waals surface area contributed by atoms with Crippen molar-refractivity contribution in [3.63, 3.8) is 0 Å². The summed E-state index contributed by atoms with van der Waals surface area (Å²) in [5.41, 5.74) is 7.48. The molecule has 0 saturated carbocycles. The van der Waals surface area contributed by atoms with Gasteiger partial charge in [0.25, 0.3) is 5.91 Å². The summed E-state index contributed by atoms with van der Waals surface area (Å²) >= 11 is 6.10. The molecule has 0 radical (unpaired) electrons. The number of amides is 1. The number of nitrogen functional groups attached to an aromatic ring is 1. The largest absolute Gasteiger partial charge is 0.496 e. The Hall–Kier alpha value is -2.61. The number of rotatable bonds is 8. The van der Waals surface area contributed by atoms with Crippen LogP contribution in [0.5, 0.6) is 5.75 Å². The average Bonchev–Trinajstić information content (AvgIpc) is 2.80. The molecule has 32 heavy (non-hydrogen) atoms. The van der Waals surface area contributed by atoms with E-state index in [9.17, 15) is 9.18 Å². The number of benzene rings is 2. The number of carbonyl (C=O) groups excluding carboxylic acids is 1. The van der Waals surface area contributed by atoms with Crippen LogP contribution in [0.3, 0.4) is 0 Å². The van der Waals surface area contributed by atoms with Gasteiger partial charge in [-0.15, -0.1) is 0 Å². The van der Waals surface area contributed by atoms with Gasteiger partial charge in [-0.1, -0.05) is 35.9 Å². The van der Waals surface area contributed by atoms with E-state index in [2.05, 4.69) is 16.3 Å². The Morgan fingerprint density at radius 1 is 1.31 bits per heavy atom. The number of piperidine rings is 1. The first kappa shape index (κ1) is 24.0. The fourth-order valence-corrected chi connectivity index (χ4v) is 3.96. The van der Waals surface area contributed by atoms with Crippen molar-refractivity contribution >= 4 is 29.3 Å². The quantitative estimate of drug-likeness (QED) is 0.581. The van der Waals surface area contributed by atoms with Crippen LogP contribution in [0.1, 0.15) is 28.8 Å². The van der Waals surface area contributed by atoms with E-state index in [4.69, 9.17) is 26.8 Å². The van der Waals surface area contributed by atoms with Crippen molar-refractivity contribution in [1.82, 2.24) is 10.2 Å². The first-order valence-electron chi connectivity index (χ1n) is 10.5. The van der Waals surface area contributed by atoms with Crippen molar-refractivity contribution in [3.05, 3.63) is 64.4 Å². The van der Waals surface area contributed by atoms with Gasteiger partial charge in [0.15, 0.2) is 0 Å². The van der Waals surface area contributed by atoms with E-state index in [-0.39, 0.29) is 23.9 Å². The maximum atomic E-state index is 13.0. The normalized spacial score (nSPS) is 19.2. The highest BCUT2D eigenvalue weighted by atomic mass is 35.5. The zero-order valence-corrected chi connectivity index (χ0v) is 19.1. The molecule has 0 bridgehead atoms. The van der Waals surface area contributed by atoms with Gasteiger partial charge in [0, 0.05) is 32.8 Å². The van der Waals surface area contributed by atoms with Gasteiger partial charge >= 0.3 is 0 Å². The lowest BCUT2D eigenvalue weighted by Gasteiger charge is -2.38. The first-order valence-corrected chi connectivity index (χ1v) is 10.9. The molecule has 3 N–H and O–H groups in total. The highest BCUT2D eigenvalue weighted by molar-refractivity contribution is 6.33. The minimum absolute atomic E-state index is 0.125. The second kappa shape index (κ2) is 11.3. The number of halogens is 2. The van der Waals surface area contributed by atoms with E-state index >= 15 is 0 Å². The first-order chi connectivity index (χ1) is 15.4. The summed E-state index contributed by atoms with van der Waals surface area (Å²) in [6.07, 6.45) is 5.57. The summed E-state index contributed by atoms with van der Waals surface area (Å²) in [7, 11) is 3.14. The molecule has 6 nitrogen and oxygen atoms in total. The molecule has 0 aromatic heterocycles. The number of methoxy groups -OCH3 is 2. The number of likely N-dealkylation sites (tertiary alicyclic amines) is 1. The SMILES string of the molecule is COc1cc(N)c(Cl)cc1C(=O)NC1CCN(CC/C=C\c2ccc(F)cc2)CC1OC. The van der Waals surface area contributed by atoms with Crippen LogP contribution in [0.25, 0.3) is 6.08 Å². The molecule has 1 fully saturated rings. The van der Waals surface area contributed by atoms with Gasteiger partial charge in [0.2, 0.25) is 0 Å². The second-order valence-electron chi connectivity index (χ2n) is 7.76. The van der Waals surface area contributed by atoms with Crippen molar-refractivity contribution in [2.45, 2.75) is 25.0 Å². The highest BCUT2D eigenvalue weighted by Crippen LogP contribution is 2.29. The van der Waals surface area contributed by atoms with Crippen molar-refractivity contribution in [3.8, 4) is 5.75 Å². The van der Waals surface area contributed by atoms with E-state index in [1.165, 1.54) is 25.3 Å². The molecule has 172 valence electrons. The van der Waals surface area contributed by atoms with E-state index in [0.717, 1.165) is 31.5 Å². The number of nitrogens with zero attached hydrogens (tertiary/aromatic N) is 1. The molecule has 3 rings (SSSR count). The van der Waals surface area contributed by atoms with Crippen LogP contribution < -0.4 is 15.8 Å². The number of hydrogen-bond donors (Lipinski definition) is 2. The highest BCUT2D eigenvalue weighted by Gasteiger charge is 2.31. The number of nitrogens with two attached hydrogens (primary N) is 1. The van der Waals surface area contributed by atoms with Crippen LogP contribution in [0.2, 0.25) is 5.02 Å². The zero-order valence-electron chi connectivity index (χ0n) is 18.3. The smallest absolute Gasteiger partial charge is 0.255 e. The monoisotopic (exact) mass is 461 g/mol. The standard InChI is InChI=1S/C24H29ClFN3O3/c1-31-22-14-20(27)19(25)13-18(22)24(30)28-21-10-12-29(15-23(21)32-2)11-4-3-5-16-6-8-17(26)9-7-16/h3,5-9,13-14,21,23H,4,10-12,15,27H2,1-2H3,(H,28,30)/b5-3-. The van der Waals surface area contributed by atoms with Crippen LogP contribution in [0.15, 0.2) is 42.5 Å². The molecule has 2 atom stereocenters. The number of anilines is 1. The molecule has 2 aromatic carbocycles. The van der Waals surface area contributed by atoms with Crippen molar-refractivity contribution in [2.24, 2.45) is 0 Å². The summed E-state index contributed by atoms with van der Waals surface area (Å²) in [6, 6.07) is 9.36. The van der Waals surface area contributed by atoms with Crippen molar-refractivity contribution in [1.29, 1.82) is 0 Å². The molecule has 2 aromatic rings. The Bertz CT molecular complexity index is 952. The van der Waals surface area contributed by atoms with Crippen LogP contribution in [0.4, 0.5) is 10.1 Å². The minimum Gasteiger partial charge on any atom is -0.496 e. The van der Waals surface area contributed by atoms with E-state index in [1.807, 2.05) is 6.08 Å². The molecule has 1 amide bonds. The number of ether oxygens (including phenoxy) is 2. The molecule has 1 saturated heterocycles. The van der Waals surface area contributed by atoms with Gasteiger partial charge in [0.05, 0.1) is 35.5 Å². The Balaban J connectivity index is 1.53. The van der Waals surface area contributed by atoms with Crippen molar-refractivity contribution in [2.75, 3.05) is 39.6 Å². The summed E-state index contributed by atoms with van der Waals surface area (Å²) in [6.45, 7) is 2.43. The molecule has 0 aliphatic carbocycles. The number of nitrogens with one attached hydrogen (secondary N) is 1. The van der Waals surface area contributed by atoms with E-state index < -0.39 is 0 Å². The second-order valence-corrected chi connectivity index (χ2v) is 8.17. The van der Waals surface area contributed by atoms with Gasteiger partial charge in [-0.05, 0) is 36.6 Å². The van der Waals surface area contributed by atoms with Crippen molar-refractivity contribution < 1.29 is 18.7 Å². The van der Waals surface area contributed by atoms with Crippen LogP contribution in [0, 0.1) is 5.82 Å². The third-order valence-corrected chi connectivity index (χ3v) is 5.95. The molecule has 2 unspecified atom stereocenters. The third kappa shape index (κ3) is 6.22. The molecular weight excluding hydrogens is 433 g/mol. The topological polar surface area (TPSA) is 76.8 Å². The molecular formula is C24H29ClFN3O3. The van der Waals surface area contributed by atoms with Crippen LogP contribution in [-0.2, 0) is 4.74 Å². The van der Waals surface area contributed by atoms with E-state index in [0.29, 0.717) is 28.6 Å². The maximum absolute atomic E-state index is 13.0. The van der Waals surface area contributed by atoms with Gasteiger partial charge in [0.1, 0.15) is 11.6 Å². The third-order valence-electron chi connectivity index (χ3n) is 5.62. The molecule has 8 heteroatoms. The summed E-state index contributed by atoms with van der Waals surface area (Å²) in [4.78, 5) is 15.2. The lowest BCUT2D eigenvalue weighted by molar-refractivity contribution is 0.00695. The number of hydrogen-bond acceptors (Lipinski definition) is 5. The molecule has 0 spiro atoms. The molecule has 1 aliphatic heterocycles. The predicted octanol–water partition coefficient (Wildman–Crippen LogP) is 3.99. The lowest BCUT2D eigenvalue weighted by Crippen LogP contribution is -2.54. The van der Waals surface area contributed by atoms with Crippen LogP contribution >= 0.6 is 11.6 Å². The lowest BCUT2D eigenvalue weighted by atomic mass is 10.0. The van der Waals surface area contributed by atoms with Gasteiger partial charge in [-0.2, -0.15) is 0 Å². The average molecular weight is 462 g/mol. The Labute approximate surface area is 193 Å². The van der Waals surface area contributed by atoms with Gasteiger partial charge in [-0.25, -0.2) is 4.39 Å². The fraction of sp³-hybridized carbons (Fsp3) is 0.375. The summed E-state index contributed by atoms with van der Waals surface area (Å²) in [5, 5.41) is 3.36. The Kier molecular flexibility index (Phi) is 8.50. The summed E-state index contributed by atoms with van der Waals surface area (Å²) < 4.78 is 23.9. The van der Waals surface area contributed by atoms with E-state index in [1.54, 1.807) is 25.3 Å².